The summed E-state index contributed by atoms with van der Waals surface area (Å²) in [5.74, 6) is 1.92. The van der Waals surface area contributed by atoms with Gasteiger partial charge in [-0.25, -0.2) is 0 Å². The summed E-state index contributed by atoms with van der Waals surface area (Å²) in [5.41, 5.74) is 0.824. The van der Waals surface area contributed by atoms with Gasteiger partial charge in [0.15, 0.2) is 5.78 Å². The molecule has 90 valence electrons. The molecule has 0 radical (unpaired) electrons. The van der Waals surface area contributed by atoms with Crippen LogP contribution in [0.3, 0.4) is 0 Å². The molecule has 1 aromatic carbocycles. The number of ether oxygens (including phenoxy) is 1. The molecule has 0 aromatic heterocycles. The van der Waals surface area contributed by atoms with Crippen molar-refractivity contribution in [3.8, 4) is 5.75 Å². The highest BCUT2D eigenvalue weighted by atomic mass is 16.5. The number of methoxy groups -OCH3 is 1. The normalized spacial score (nSPS) is 30.5. The van der Waals surface area contributed by atoms with E-state index in [1.165, 1.54) is 13.0 Å². The van der Waals surface area contributed by atoms with Gasteiger partial charge in [0.05, 0.1) is 7.11 Å². The van der Waals surface area contributed by atoms with Gasteiger partial charge in [-0.15, -0.1) is 0 Å². The third-order valence-electron chi connectivity index (χ3n) is 4.04. The van der Waals surface area contributed by atoms with Crippen molar-refractivity contribution in [3.05, 3.63) is 29.8 Å². The highest BCUT2D eigenvalue weighted by Gasteiger charge is 2.41. The Balaban J connectivity index is 1.77. The fraction of sp³-hybridized carbons (Fsp3) is 0.500. The minimum Gasteiger partial charge on any atom is -0.497 e. The Kier molecular flexibility index (Phi) is 2.63. The van der Waals surface area contributed by atoms with E-state index in [-0.39, 0.29) is 5.92 Å². The number of ketones is 1. The van der Waals surface area contributed by atoms with Gasteiger partial charge < -0.3 is 9.64 Å². The second-order valence-electron chi connectivity index (χ2n) is 5.01. The molecule has 2 fully saturated rings. The predicted molar refractivity (Wildman–Crippen MR) is 65.4 cm³/mol. The molecule has 3 atom stereocenters. The maximum Gasteiger partial charge on any atom is 0.167 e. The molecule has 2 bridgehead atoms. The van der Waals surface area contributed by atoms with E-state index >= 15 is 0 Å². The highest BCUT2D eigenvalue weighted by Crippen LogP contribution is 2.35. The zero-order chi connectivity index (χ0) is 11.8. The summed E-state index contributed by atoms with van der Waals surface area (Å²) < 4.78 is 5.10. The van der Waals surface area contributed by atoms with Crippen LogP contribution in [0.4, 0.5) is 0 Å². The average molecular weight is 231 g/mol. The second kappa shape index (κ2) is 4.15. The Labute approximate surface area is 101 Å². The maximum absolute atomic E-state index is 12.4. The molecule has 0 amide bonds. The van der Waals surface area contributed by atoms with Gasteiger partial charge in [0.25, 0.3) is 0 Å². The van der Waals surface area contributed by atoms with Crippen LogP contribution in [0.5, 0.6) is 5.75 Å². The number of rotatable bonds is 3. The lowest BCUT2D eigenvalue weighted by atomic mass is 9.86. The summed E-state index contributed by atoms with van der Waals surface area (Å²) in [6.45, 7) is 3.25. The molecule has 3 heteroatoms. The minimum atomic E-state index is 0.220. The summed E-state index contributed by atoms with van der Waals surface area (Å²) in [7, 11) is 1.64. The van der Waals surface area contributed by atoms with Crippen molar-refractivity contribution in [3.63, 3.8) is 0 Å². The number of hydrogen-bond donors (Lipinski definition) is 0. The van der Waals surface area contributed by atoms with Crippen LogP contribution in [-0.4, -0.2) is 37.4 Å². The van der Waals surface area contributed by atoms with Crippen LogP contribution in [0.25, 0.3) is 0 Å². The van der Waals surface area contributed by atoms with Gasteiger partial charge in [0.1, 0.15) is 5.75 Å². The van der Waals surface area contributed by atoms with E-state index < -0.39 is 0 Å². The Morgan fingerprint density at radius 2 is 2.06 bits per heavy atom. The summed E-state index contributed by atoms with van der Waals surface area (Å²) in [6.07, 6.45) is 1.19. The fourth-order valence-electron chi connectivity index (χ4n) is 3.05. The third-order valence-corrected chi connectivity index (χ3v) is 4.04. The smallest absolute Gasteiger partial charge is 0.167 e. The van der Waals surface area contributed by atoms with Crippen LogP contribution >= 0.6 is 0 Å². The molecule has 2 saturated heterocycles. The van der Waals surface area contributed by atoms with Gasteiger partial charge in [-0.1, -0.05) is 0 Å². The lowest BCUT2D eigenvalue weighted by molar-refractivity contribution is 0.0880. The lowest BCUT2D eigenvalue weighted by Gasteiger charge is -2.20. The van der Waals surface area contributed by atoms with Crippen molar-refractivity contribution in [1.29, 1.82) is 0 Å². The van der Waals surface area contributed by atoms with Crippen molar-refractivity contribution >= 4 is 5.78 Å². The molecule has 17 heavy (non-hydrogen) atoms. The zero-order valence-electron chi connectivity index (χ0n) is 10.1. The first kappa shape index (κ1) is 10.8. The number of piperidine rings is 1. The molecule has 3 unspecified atom stereocenters. The number of carbonyl (C=O) groups excluding carboxylic acids is 1. The number of Topliss-reactive ketones (excluding diaryl/α,β-unsaturated/α-hetero) is 1. The molecule has 3 rings (SSSR count). The Morgan fingerprint density at radius 3 is 2.59 bits per heavy atom. The van der Waals surface area contributed by atoms with Gasteiger partial charge in [-0.05, 0) is 43.1 Å². The van der Waals surface area contributed by atoms with Crippen molar-refractivity contribution in [2.75, 3.05) is 26.7 Å². The van der Waals surface area contributed by atoms with Crippen LogP contribution in [-0.2, 0) is 0 Å². The summed E-state index contributed by atoms with van der Waals surface area (Å²) in [4.78, 5) is 14.8. The fourth-order valence-corrected chi connectivity index (χ4v) is 3.05. The van der Waals surface area contributed by atoms with E-state index in [1.807, 2.05) is 24.3 Å². The molecule has 2 aliphatic rings. The largest absolute Gasteiger partial charge is 0.497 e. The van der Waals surface area contributed by atoms with Gasteiger partial charge >= 0.3 is 0 Å². The van der Waals surface area contributed by atoms with E-state index in [4.69, 9.17) is 4.74 Å². The van der Waals surface area contributed by atoms with Crippen molar-refractivity contribution in [1.82, 2.24) is 4.90 Å². The molecule has 0 spiro atoms. The summed E-state index contributed by atoms with van der Waals surface area (Å²) >= 11 is 0. The minimum absolute atomic E-state index is 0.220. The van der Waals surface area contributed by atoms with Crippen molar-refractivity contribution in [2.24, 2.45) is 11.8 Å². The average Bonchev–Trinajstić information content (AvgIpc) is 3.00. The Morgan fingerprint density at radius 1 is 1.29 bits per heavy atom. The topological polar surface area (TPSA) is 29.5 Å². The number of hydrogen-bond acceptors (Lipinski definition) is 3. The van der Waals surface area contributed by atoms with Gasteiger partial charge in [0, 0.05) is 24.6 Å². The van der Waals surface area contributed by atoms with Gasteiger partial charge in [-0.2, -0.15) is 0 Å². The summed E-state index contributed by atoms with van der Waals surface area (Å²) in [6, 6.07) is 7.48. The quantitative estimate of drug-likeness (QED) is 0.743. The first-order chi connectivity index (χ1) is 8.28. The van der Waals surface area contributed by atoms with Crippen molar-refractivity contribution < 1.29 is 9.53 Å². The van der Waals surface area contributed by atoms with E-state index in [9.17, 15) is 4.79 Å². The first-order valence-electron chi connectivity index (χ1n) is 6.18. The number of benzene rings is 1. The number of nitrogens with zero attached hydrogens (tertiary/aromatic N) is 1. The van der Waals surface area contributed by atoms with Crippen LogP contribution in [0.15, 0.2) is 24.3 Å². The predicted octanol–water partition coefficient (Wildman–Crippen LogP) is 1.83. The SMILES string of the molecule is COc1ccc(C(=O)C2CN3CCC2C3)cc1. The first-order valence-corrected chi connectivity index (χ1v) is 6.18. The van der Waals surface area contributed by atoms with E-state index in [0.717, 1.165) is 24.4 Å². The molecule has 2 heterocycles. The third kappa shape index (κ3) is 1.84. The molecule has 3 nitrogen and oxygen atoms in total. The Bertz CT molecular complexity index is 426. The van der Waals surface area contributed by atoms with Crippen molar-refractivity contribution in [2.45, 2.75) is 6.42 Å². The van der Waals surface area contributed by atoms with Gasteiger partial charge in [-0.3, -0.25) is 4.79 Å². The molecular weight excluding hydrogens is 214 g/mol. The zero-order valence-corrected chi connectivity index (χ0v) is 10.1. The number of fused-ring (bicyclic) bond motifs is 2. The van der Waals surface area contributed by atoms with Crippen LogP contribution in [0.2, 0.25) is 0 Å². The highest BCUT2D eigenvalue weighted by molar-refractivity contribution is 5.98. The maximum atomic E-state index is 12.4. The van der Waals surface area contributed by atoms with E-state index in [1.54, 1.807) is 7.11 Å². The van der Waals surface area contributed by atoms with Crippen LogP contribution < -0.4 is 4.74 Å². The molecule has 0 N–H and O–H groups in total. The molecule has 0 aliphatic carbocycles. The summed E-state index contributed by atoms with van der Waals surface area (Å²) in [5, 5.41) is 0. The van der Waals surface area contributed by atoms with E-state index in [0.29, 0.717) is 11.7 Å². The van der Waals surface area contributed by atoms with E-state index in [2.05, 4.69) is 4.90 Å². The van der Waals surface area contributed by atoms with Crippen LogP contribution in [0.1, 0.15) is 16.8 Å². The lowest BCUT2D eigenvalue weighted by Crippen LogP contribution is -2.29. The monoisotopic (exact) mass is 231 g/mol. The van der Waals surface area contributed by atoms with Crippen LogP contribution in [0, 0.1) is 11.8 Å². The second-order valence-corrected chi connectivity index (χ2v) is 5.01. The standard InChI is InChI=1S/C14H17NO2/c1-17-12-4-2-10(3-5-12)14(16)13-9-15-7-6-11(13)8-15/h2-5,11,13H,6-9H2,1H3. The number of carbonyl (C=O) groups is 1. The Hall–Kier alpha value is -1.35. The molecule has 0 saturated carbocycles. The van der Waals surface area contributed by atoms with Gasteiger partial charge in [0.2, 0.25) is 0 Å². The molecule has 1 aromatic rings. The molecular formula is C14H17NO2. The molecule has 2 aliphatic heterocycles.